The van der Waals surface area contributed by atoms with E-state index in [0.29, 0.717) is 41.3 Å². The van der Waals surface area contributed by atoms with E-state index in [2.05, 4.69) is 5.32 Å². The van der Waals surface area contributed by atoms with Gasteiger partial charge in [-0.25, -0.2) is 18.0 Å². The predicted molar refractivity (Wildman–Crippen MR) is 136 cm³/mol. The van der Waals surface area contributed by atoms with Crippen LogP contribution < -0.4 is 10.1 Å². The number of benzene rings is 2. The lowest BCUT2D eigenvalue weighted by Gasteiger charge is -2.32. The van der Waals surface area contributed by atoms with Crippen molar-refractivity contribution in [3.8, 4) is 16.2 Å². The summed E-state index contributed by atoms with van der Waals surface area (Å²) in [5.74, 6) is -2.30. The number of hydrogen-bond acceptors (Lipinski definition) is 7. The van der Waals surface area contributed by atoms with Gasteiger partial charge in [0, 0.05) is 35.3 Å². The topological polar surface area (TPSA) is 133 Å². The first kappa shape index (κ1) is 25.7. The zero-order chi connectivity index (χ0) is 25.9. The maximum Gasteiger partial charge on any atom is 0.349 e. The minimum Gasteiger partial charge on any atom is -0.480 e. The molecule has 3 N–H and O–H groups in total. The molecular weight excluding hydrogens is 504 g/mol. The van der Waals surface area contributed by atoms with E-state index < -0.39 is 28.6 Å². The van der Waals surface area contributed by atoms with Crippen molar-refractivity contribution in [2.45, 2.75) is 30.7 Å². The number of carboxylic acids is 2. The van der Waals surface area contributed by atoms with Crippen molar-refractivity contribution in [3.05, 3.63) is 65.0 Å². The molecule has 36 heavy (non-hydrogen) atoms. The molecule has 1 saturated heterocycles. The number of aromatic carboxylic acids is 1. The first-order chi connectivity index (χ1) is 17.2. The molecule has 0 aliphatic carbocycles. The monoisotopic (exact) mass is 530 g/mol. The van der Waals surface area contributed by atoms with Crippen molar-refractivity contribution in [1.82, 2.24) is 4.31 Å². The average Bonchev–Trinajstić information content (AvgIpc) is 3.20. The van der Waals surface area contributed by atoms with Crippen LogP contribution in [0.2, 0.25) is 0 Å². The molecule has 11 heteroatoms. The maximum atomic E-state index is 12.9. The number of carboxylic acid groups (broad SMARTS) is 2. The molecule has 4 rings (SSSR count). The number of ether oxygens (including phenoxy) is 1. The van der Waals surface area contributed by atoms with Gasteiger partial charge in [-0.15, -0.1) is 11.3 Å². The number of hydrogen-bond donors (Lipinski definition) is 3. The van der Waals surface area contributed by atoms with Gasteiger partial charge in [-0.2, -0.15) is 4.31 Å². The number of nitrogens with one attached hydrogen (secondary N) is 1. The molecule has 0 amide bonds. The van der Waals surface area contributed by atoms with Gasteiger partial charge in [0.15, 0.2) is 11.5 Å². The van der Waals surface area contributed by atoms with E-state index in [1.807, 2.05) is 24.3 Å². The van der Waals surface area contributed by atoms with Gasteiger partial charge in [0.25, 0.3) is 0 Å². The second kappa shape index (κ2) is 10.7. The lowest BCUT2D eigenvalue weighted by atomic mass is 10.0. The third kappa shape index (κ3) is 5.53. The fourth-order valence-corrected chi connectivity index (χ4v) is 6.77. The van der Waals surface area contributed by atoms with Crippen molar-refractivity contribution < 1.29 is 33.0 Å². The molecule has 1 aliphatic rings. The summed E-state index contributed by atoms with van der Waals surface area (Å²) >= 11 is 1.04. The smallest absolute Gasteiger partial charge is 0.349 e. The first-order valence-electron chi connectivity index (χ1n) is 11.3. The van der Waals surface area contributed by atoms with Gasteiger partial charge < -0.3 is 20.3 Å². The lowest BCUT2D eigenvalue weighted by molar-refractivity contribution is -0.139. The second-order valence-corrected chi connectivity index (χ2v) is 11.4. The minimum atomic E-state index is -3.51. The Labute approximate surface area is 213 Å². The van der Waals surface area contributed by atoms with Gasteiger partial charge in [0.05, 0.1) is 4.90 Å². The van der Waals surface area contributed by atoms with Crippen LogP contribution in [-0.2, 0) is 14.8 Å². The highest BCUT2D eigenvalue weighted by Gasteiger charge is 2.29. The summed E-state index contributed by atoms with van der Waals surface area (Å²) in [5.41, 5.74) is 2.17. The van der Waals surface area contributed by atoms with Crippen molar-refractivity contribution in [2.75, 3.05) is 25.0 Å². The number of thiophene rings is 1. The summed E-state index contributed by atoms with van der Waals surface area (Å²) in [5, 5.41) is 21.9. The van der Waals surface area contributed by atoms with E-state index in [9.17, 15) is 23.1 Å². The van der Waals surface area contributed by atoms with Crippen LogP contribution in [0.25, 0.3) is 10.4 Å². The van der Waals surface area contributed by atoms with Crippen molar-refractivity contribution in [3.63, 3.8) is 0 Å². The number of nitrogens with zero attached hydrogens (tertiary/aromatic N) is 1. The van der Waals surface area contributed by atoms with Crippen LogP contribution >= 0.6 is 11.3 Å². The number of anilines is 1. The summed E-state index contributed by atoms with van der Waals surface area (Å²) in [4.78, 5) is 23.5. The summed E-state index contributed by atoms with van der Waals surface area (Å²) in [6.45, 7) is 1.89. The Hall–Kier alpha value is -3.41. The summed E-state index contributed by atoms with van der Waals surface area (Å²) in [7, 11) is -3.51. The Morgan fingerprint density at radius 2 is 1.78 bits per heavy atom. The highest BCUT2D eigenvalue weighted by Crippen LogP contribution is 2.42. The molecule has 0 bridgehead atoms. The summed E-state index contributed by atoms with van der Waals surface area (Å²) in [6, 6.07) is 16.0. The molecule has 0 radical (unpaired) electrons. The third-order valence-corrected chi connectivity index (χ3v) is 9.18. The van der Waals surface area contributed by atoms with Crippen LogP contribution in [0.15, 0.2) is 59.5 Å². The second-order valence-electron chi connectivity index (χ2n) is 8.42. The largest absolute Gasteiger partial charge is 0.480 e. The SMILES string of the molecule is Cc1c(-c2cccc(NC3CCN(S(=O)(=O)c4ccccc4)CC3)c2)sc(C(=O)O)c1OCC(=O)O. The third-order valence-electron chi connectivity index (χ3n) is 5.96. The number of aliphatic carboxylic acids is 1. The maximum absolute atomic E-state index is 12.9. The molecule has 9 nitrogen and oxygen atoms in total. The van der Waals surface area contributed by atoms with Crippen LogP contribution in [0.3, 0.4) is 0 Å². The minimum absolute atomic E-state index is 0.0471. The fourth-order valence-electron chi connectivity index (χ4n) is 4.19. The van der Waals surface area contributed by atoms with E-state index in [1.54, 1.807) is 37.3 Å². The van der Waals surface area contributed by atoms with Gasteiger partial charge >= 0.3 is 11.9 Å². The standard InChI is InChI=1S/C25H26N2O7S2/c1-16-22(34-15-21(28)29)24(25(30)31)35-23(16)17-6-5-7-19(14-17)26-18-10-12-27(13-11-18)36(32,33)20-8-3-2-4-9-20/h2-9,14,18,26H,10-13,15H2,1H3,(H,28,29)(H,30,31). The normalized spacial score (nSPS) is 14.9. The van der Waals surface area contributed by atoms with Gasteiger partial charge in [0.2, 0.25) is 10.0 Å². The number of carbonyl (C=O) groups is 2. The fraction of sp³-hybridized carbons (Fsp3) is 0.280. The number of rotatable bonds is 9. The van der Waals surface area contributed by atoms with E-state index in [0.717, 1.165) is 22.6 Å². The van der Waals surface area contributed by atoms with Crippen molar-refractivity contribution in [2.24, 2.45) is 0 Å². The van der Waals surface area contributed by atoms with E-state index in [1.165, 1.54) is 4.31 Å². The summed E-state index contributed by atoms with van der Waals surface area (Å²) in [6.07, 6.45) is 1.29. The van der Waals surface area contributed by atoms with Gasteiger partial charge in [-0.05, 0) is 49.6 Å². The van der Waals surface area contributed by atoms with Gasteiger partial charge in [0.1, 0.15) is 5.75 Å². The molecule has 0 spiro atoms. The molecule has 2 heterocycles. The highest BCUT2D eigenvalue weighted by atomic mass is 32.2. The Balaban J connectivity index is 1.47. The lowest BCUT2D eigenvalue weighted by Crippen LogP contribution is -2.42. The van der Waals surface area contributed by atoms with Crippen molar-refractivity contribution >= 4 is 39.0 Å². The number of sulfonamides is 1. The Bertz CT molecular complexity index is 1360. The molecule has 2 aromatic carbocycles. The highest BCUT2D eigenvalue weighted by molar-refractivity contribution is 7.89. The molecule has 1 fully saturated rings. The van der Waals surface area contributed by atoms with E-state index in [-0.39, 0.29) is 16.7 Å². The van der Waals surface area contributed by atoms with Crippen LogP contribution in [0.1, 0.15) is 28.1 Å². The molecule has 0 atom stereocenters. The quantitative estimate of drug-likeness (QED) is 0.376. The molecule has 1 aliphatic heterocycles. The Kier molecular flexibility index (Phi) is 7.62. The molecular formula is C25H26N2O7S2. The van der Waals surface area contributed by atoms with Gasteiger partial charge in [-0.1, -0.05) is 30.3 Å². The van der Waals surface area contributed by atoms with Crippen LogP contribution in [-0.4, -0.2) is 60.6 Å². The zero-order valence-corrected chi connectivity index (χ0v) is 21.1. The van der Waals surface area contributed by atoms with Crippen LogP contribution in [0.5, 0.6) is 5.75 Å². The van der Waals surface area contributed by atoms with Crippen molar-refractivity contribution in [1.29, 1.82) is 0 Å². The molecule has 3 aromatic rings. The Morgan fingerprint density at radius 3 is 2.42 bits per heavy atom. The number of piperidine rings is 1. The first-order valence-corrected chi connectivity index (χ1v) is 13.6. The molecule has 0 unspecified atom stereocenters. The summed E-state index contributed by atoms with van der Waals surface area (Å²) < 4.78 is 32.5. The Morgan fingerprint density at radius 1 is 1.08 bits per heavy atom. The van der Waals surface area contributed by atoms with Gasteiger partial charge in [-0.3, -0.25) is 0 Å². The van der Waals surface area contributed by atoms with Crippen LogP contribution in [0.4, 0.5) is 5.69 Å². The molecule has 0 saturated carbocycles. The molecule has 190 valence electrons. The zero-order valence-electron chi connectivity index (χ0n) is 19.5. The average molecular weight is 531 g/mol. The van der Waals surface area contributed by atoms with E-state index >= 15 is 0 Å². The predicted octanol–water partition coefficient (Wildman–Crippen LogP) is 4.15. The van der Waals surface area contributed by atoms with E-state index in [4.69, 9.17) is 9.84 Å². The van der Waals surface area contributed by atoms with Crippen LogP contribution in [0, 0.1) is 6.92 Å². The molecule has 1 aromatic heterocycles.